The number of halogens is 3. The first kappa shape index (κ1) is 11.7. The molecule has 0 atom stereocenters. The van der Waals surface area contributed by atoms with E-state index < -0.39 is 17.5 Å². The number of nitrogens with zero attached hydrogens (tertiary/aromatic N) is 2. The Morgan fingerprint density at radius 1 is 1.53 bits per heavy atom. The largest absolute Gasteiger partial charge is 0.454 e. The highest BCUT2D eigenvalue weighted by Gasteiger charge is 2.39. The zero-order chi connectivity index (χ0) is 11.6. The summed E-state index contributed by atoms with van der Waals surface area (Å²) in [6.07, 6.45) is -2.76. The van der Waals surface area contributed by atoms with Crippen LogP contribution in [0.4, 0.5) is 13.2 Å². The molecule has 0 spiro atoms. The smallest absolute Gasteiger partial charge is 0.284 e. The number of carbonyl (C=O) groups excluding carboxylic acids is 1. The van der Waals surface area contributed by atoms with Crippen molar-refractivity contribution in [1.29, 1.82) is 0 Å². The molecule has 84 valence electrons. The van der Waals surface area contributed by atoms with Gasteiger partial charge in [0.2, 0.25) is 0 Å². The summed E-state index contributed by atoms with van der Waals surface area (Å²) in [5.74, 6) is -1.59. The van der Waals surface area contributed by atoms with Crippen LogP contribution >= 0.6 is 0 Å². The number of rotatable bonds is 3. The van der Waals surface area contributed by atoms with Crippen LogP contribution in [0.5, 0.6) is 0 Å². The van der Waals surface area contributed by atoms with E-state index in [0.717, 1.165) is 12.4 Å². The predicted molar refractivity (Wildman–Crippen MR) is 47.5 cm³/mol. The third kappa shape index (κ3) is 3.07. The lowest BCUT2D eigenvalue weighted by atomic mass is 10.2. The molecule has 0 saturated heterocycles. The maximum Gasteiger partial charge on any atom is 0.454 e. The zero-order valence-corrected chi connectivity index (χ0v) is 8.38. The molecular weight excluding hydrogens is 209 g/mol. The molecule has 0 bridgehead atoms. The van der Waals surface area contributed by atoms with Gasteiger partial charge in [0.25, 0.3) is 5.78 Å². The fraction of sp³-hybridized carbons (Fsp3) is 0.556. The normalized spacial score (nSPS) is 12.1. The van der Waals surface area contributed by atoms with Crippen LogP contribution in [-0.2, 0) is 6.54 Å². The van der Waals surface area contributed by atoms with Gasteiger partial charge in [0, 0.05) is 12.7 Å². The lowest BCUT2D eigenvalue weighted by molar-refractivity contribution is -0.0885. The molecule has 15 heavy (non-hydrogen) atoms. The Morgan fingerprint density at radius 3 is 2.60 bits per heavy atom. The highest BCUT2D eigenvalue weighted by Crippen LogP contribution is 2.21. The first-order valence-electron chi connectivity index (χ1n) is 4.44. The van der Waals surface area contributed by atoms with Crippen molar-refractivity contribution in [1.82, 2.24) is 9.78 Å². The van der Waals surface area contributed by atoms with Crippen molar-refractivity contribution in [2.45, 2.75) is 26.6 Å². The lowest BCUT2D eigenvalue weighted by Gasteiger charge is -2.04. The lowest BCUT2D eigenvalue weighted by Crippen LogP contribution is -2.22. The van der Waals surface area contributed by atoms with Crippen LogP contribution in [0.3, 0.4) is 0 Å². The molecule has 0 aliphatic rings. The van der Waals surface area contributed by atoms with Gasteiger partial charge in [0.15, 0.2) is 0 Å². The molecule has 1 aromatic rings. The van der Waals surface area contributed by atoms with Crippen LogP contribution in [0, 0.1) is 5.92 Å². The average Bonchev–Trinajstić information content (AvgIpc) is 2.48. The van der Waals surface area contributed by atoms with Crippen LogP contribution in [0.1, 0.15) is 24.2 Å². The Bertz CT molecular complexity index is 354. The second kappa shape index (κ2) is 4.04. The molecule has 3 nitrogen and oxygen atoms in total. The van der Waals surface area contributed by atoms with Crippen LogP contribution in [-0.4, -0.2) is 21.7 Å². The van der Waals surface area contributed by atoms with E-state index in [1.165, 1.54) is 4.68 Å². The number of ketones is 1. The third-order valence-corrected chi connectivity index (χ3v) is 1.71. The van der Waals surface area contributed by atoms with E-state index in [9.17, 15) is 18.0 Å². The van der Waals surface area contributed by atoms with E-state index in [4.69, 9.17) is 0 Å². The van der Waals surface area contributed by atoms with Gasteiger partial charge in [-0.05, 0) is 5.92 Å². The molecule has 0 saturated carbocycles. The van der Waals surface area contributed by atoms with Crippen molar-refractivity contribution in [2.75, 3.05) is 0 Å². The molecule has 0 aromatic carbocycles. The van der Waals surface area contributed by atoms with Gasteiger partial charge >= 0.3 is 6.18 Å². The summed E-state index contributed by atoms with van der Waals surface area (Å²) < 4.78 is 37.4. The number of aromatic nitrogens is 2. The Balaban J connectivity index is 2.81. The van der Waals surface area contributed by atoms with Gasteiger partial charge in [-0.1, -0.05) is 13.8 Å². The number of carbonyl (C=O) groups is 1. The minimum atomic E-state index is -4.83. The highest BCUT2D eigenvalue weighted by molar-refractivity contribution is 5.99. The number of alkyl halides is 3. The number of hydrogen-bond donors (Lipinski definition) is 0. The second-order valence-electron chi connectivity index (χ2n) is 3.67. The molecule has 0 unspecified atom stereocenters. The van der Waals surface area contributed by atoms with Crippen molar-refractivity contribution >= 4 is 5.78 Å². The third-order valence-electron chi connectivity index (χ3n) is 1.71. The summed E-state index contributed by atoms with van der Waals surface area (Å²) in [5, 5.41) is 3.69. The van der Waals surface area contributed by atoms with Crippen LogP contribution < -0.4 is 0 Å². The summed E-state index contributed by atoms with van der Waals surface area (Å²) in [4.78, 5) is 10.8. The molecule has 0 amide bonds. The minimum absolute atomic E-state index is 0.263. The van der Waals surface area contributed by atoms with Gasteiger partial charge in [0.05, 0.1) is 11.8 Å². The predicted octanol–water partition coefficient (Wildman–Crippen LogP) is 2.28. The molecule has 0 radical (unpaired) electrons. The van der Waals surface area contributed by atoms with Gasteiger partial charge < -0.3 is 0 Å². The topological polar surface area (TPSA) is 34.9 Å². The zero-order valence-electron chi connectivity index (χ0n) is 8.38. The van der Waals surface area contributed by atoms with Crippen molar-refractivity contribution in [2.24, 2.45) is 5.92 Å². The molecule has 1 heterocycles. The summed E-state index contributed by atoms with van der Waals surface area (Å²) in [6.45, 7) is 4.31. The van der Waals surface area contributed by atoms with Gasteiger partial charge in [-0.2, -0.15) is 18.3 Å². The fourth-order valence-electron chi connectivity index (χ4n) is 1.12. The SMILES string of the molecule is CC(C)Cn1cc(C(=O)C(F)(F)F)cn1. The van der Waals surface area contributed by atoms with Crippen LogP contribution in [0.25, 0.3) is 0 Å². The molecule has 1 rings (SSSR count). The molecule has 0 aliphatic heterocycles. The first-order valence-corrected chi connectivity index (χ1v) is 4.44. The number of Topliss-reactive ketones (excluding diaryl/α,β-unsaturated/α-hetero) is 1. The summed E-state index contributed by atoms with van der Waals surface area (Å²) in [7, 11) is 0. The Hall–Kier alpha value is -1.33. The summed E-state index contributed by atoms with van der Waals surface area (Å²) in [6, 6.07) is 0. The van der Waals surface area contributed by atoms with Gasteiger partial charge in [-0.25, -0.2) is 0 Å². The number of hydrogen-bond acceptors (Lipinski definition) is 2. The molecule has 1 aromatic heterocycles. The van der Waals surface area contributed by atoms with E-state index in [2.05, 4.69) is 5.10 Å². The van der Waals surface area contributed by atoms with Crippen LogP contribution in [0.2, 0.25) is 0 Å². The van der Waals surface area contributed by atoms with E-state index in [1.807, 2.05) is 13.8 Å². The quantitative estimate of drug-likeness (QED) is 0.732. The van der Waals surface area contributed by atoms with Gasteiger partial charge in [0.1, 0.15) is 0 Å². The average molecular weight is 220 g/mol. The maximum absolute atomic E-state index is 12.0. The fourth-order valence-corrected chi connectivity index (χ4v) is 1.12. The van der Waals surface area contributed by atoms with Crippen LogP contribution in [0.15, 0.2) is 12.4 Å². The van der Waals surface area contributed by atoms with Crippen molar-refractivity contribution in [3.05, 3.63) is 18.0 Å². The van der Waals surface area contributed by atoms with Gasteiger partial charge in [-0.3, -0.25) is 9.48 Å². The van der Waals surface area contributed by atoms with E-state index >= 15 is 0 Å². The molecule has 0 N–H and O–H groups in total. The monoisotopic (exact) mass is 220 g/mol. The van der Waals surface area contributed by atoms with E-state index in [-0.39, 0.29) is 5.92 Å². The van der Waals surface area contributed by atoms with Crippen molar-refractivity contribution in [3.63, 3.8) is 0 Å². The first-order chi connectivity index (χ1) is 6.80. The Kier molecular flexibility index (Phi) is 3.16. The van der Waals surface area contributed by atoms with Gasteiger partial charge in [-0.15, -0.1) is 0 Å². The molecule has 6 heteroatoms. The summed E-state index contributed by atoms with van der Waals surface area (Å²) in [5.41, 5.74) is -0.414. The molecule has 0 fully saturated rings. The van der Waals surface area contributed by atoms with E-state index in [1.54, 1.807) is 0 Å². The molecule has 0 aliphatic carbocycles. The Labute approximate surface area is 84.9 Å². The second-order valence-corrected chi connectivity index (χ2v) is 3.67. The highest BCUT2D eigenvalue weighted by atomic mass is 19.4. The Morgan fingerprint density at radius 2 is 2.13 bits per heavy atom. The molecular formula is C9H11F3N2O. The van der Waals surface area contributed by atoms with Crippen molar-refractivity contribution in [3.8, 4) is 0 Å². The van der Waals surface area contributed by atoms with E-state index in [0.29, 0.717) is 6.54 Å². The van der Waals surface area contributed by atoms with Crippen molar-refractivity contribution < 1.29 is 18.0 Å². The minimum Gasteiger partial charge on any atom is -0.284 e. The summed E-state index contributed by atoms with van der Waals surface area (Å²) >= 11 is 0. The standard InChI is InChI=1S/C9H11F3N2O/c1-6(2)4-14-5-7(3-13-14)8(15)9(10,11)12/h3,5-6H,4H2,1-2H3. The maximum atomic E-state index is 12.0.